The maximum absolute atomic E-state index is 12.1. The molecule has 2 nitrogen and oxygen atoms in total. The normalized spacial score (nSPS) is 10.6. The monoisotopic (exact) mass is 341 g/mol. The van der Waals surface area contributed by atoms with E-state index in [1.54, 1.807) is 17.5 Å². The average molecular weight is 342 g/mol. The van der Waals surface area contributed by atoms with Crippen LogP contribution in [-0.4, -0.2) is 16.5 Å². The maximum atomic E-state index is 12.1. The Kier molecular flexibility index (Phi) is 4.59. The van der Waals surface area contributed by atoms with Crippen LogP contribution in [0.1, 0.15) is 20.1 Å². The van der Waals surface area contributed by atoms with E-state index in [4.69, 9.17) is 0 Å². The number of halogens is 1. The molecule has 0 aliphatic carbocycles. The van der Waals surface area contributed by atoms with E-state index in [2.05, 4.69) is 20.9 Å². The van der Waals surface area contributed by atoms with Crippen molar-refractivity contribution >= 4 is 44.8 Å². The molecule has 18 heavy (non-hydrogen) atoms. The lowest BCUT2D eigenvalue weighted by molar-refractivity contribution is 0.102. The van der Waals surface area contributed by atoms with Crippen LogP contribution in [0, 0.1) is 13.8 Å². The zero-order chi connectivity index (χ0) is 13.1. The molecule has 0 unspecified atom stereocenters. The Morgan fingerprint density at radius 1 is 1.44 bits per heavy atom. The van der Waals surface area contributed by atoms with Gasteiger partial charge in [-0.15, -0.1) is 11.3 Å². The van der Waals surface area contributed by atoms with E-state index in [9.17, 15) is 4.79 Å². The molecular formula is C13H12BrNOS2. The van der Waals surface area contributed by atoms with Crippen LogP contribution in [0.25, 0.3) is 0 Å². The van der Waals surface area contributed by atoms with E-state index in [1.165, 1.54) is 16.6 Å². The van der Waals surface area contributed by atoms with Gasteiger partial charge < -0.3 is 0 Å². The number of hydrogen-bond acceptors (Lipinski definition) is 4. The number of aryl methyl sites for hydroxylation is 2. The minimum Gasteiger partial charge on any atom is -0.293 e. The first-order chi connectivity index (χ1) is 8.56. The third-order valence-corrected chi connectivity index (χ3v) is 4.77. The van der Waals surface area contributed by atoms with Crippen molar-refractivity contribution in [3.05, 3.63) is 44.2 Å². The molecular weight excluding hydrogens is 330 g/mol. The van der Waals surface area contributed by atoms with Crippen molar-refractivity contribution in [2.24, 2.45) is 0 Å². The van der Waals surface area contributed by atoms with Crippen molar-refractivity contribution in [3.8, 4) is 0 Å². The van der Waals surface area contributed by atoms with E-state index >= 15 is 0 Å². The number of carbonyl (C=O) groups is 1. The highest BCUT2D eigenvalue weighted by Crippen LogP contribution is 2.24. The molecule has 2 rings (SSSR count). The molecule has 0 aliphatic heterocycles. The van der Waals surface area contributed by atoms with Gasteiger partial charge in [0.05, 0.1) is 10.8 Å². The van der Waals surface area contributed by atoms with Crippen LogP contribution >= 0.6 is 39.0 Å². The fraction of sp³-hybridized carbons (Fsp3) is 0.231. The Morgan fingerprint density at radius 3 is 2.78 bits per heavy atom. The summed E-state index contributed by atoms with van der Waals surface area (Å²) in [5.41, 5.74) is 0.849. The Balaban J connectivity index is 2.00. The SMILES string of the molecule is Cc1cc(C(=O)CSc2ccc(Br)cn2)c(C)s1. The summed E-state index contributed by atoms with van der Waals surface area (Å²) in [6.45, 7) is 4.02. The van der Waals surface area contributed by atoms with Gasteiger partial charge >= 0.3 is 0 Å². The van der Waals surface area contributed by atoms with Gasteiger partial charge in [-0.1, -0.05) is 11.8 Å². The van der Waals surface area contributed by atoms with Gasteiger partial charge in [0.2, 0.25) is 0 Å². The number of Topliss-reactive ketones (excluding diaryl/α,β-unsaturated/α-hetero) is 1. The topological polar surface area (TPSA) is 30.0 Å². The number of ketones is 1. The lowest BCUT2D eigenvalue weighted by Gasteiger charge is -2.00. The Morgan fingerprint density at radius 2 is 2.22 bits per heavy atom. The van der Waals surface area contributed by atoms with Crippen molar-refractivity contribution in [1.29, 1.82) is 0 Å². The molecule has 0 spiro atoms. The summed E-state index contributed by atoms with van der Waals surface area (Å²) < 4.78 is 0.947. The van der Waals surface area contributed by atoms with E-state index in [1.807, 2.05) is 32.0 Å². The zero-order valence-corrected chi connectivity index (χ0v) is 13.3. The summed E-state index contributed by atoms with van der Waals surface area (Å²) in [7, 11) is 0. The summed E-state index contributed by atoms with van der Waals surface area (Å²) >= 11 is 6.48. The molecule has 5 heteroatoms. The first-order valence-corrected chi connectivity index (χ1v) is 8.00. The zero-order valence-electron chi connectivity index (χ0n) is 10.1. The van der Waals surface area contributed by atoms with Gasteiger partial charge in [0.25, 0.3) is 0 Å². The van der Waals surface area contributed by atoms with Gasteiger partial charge in [-0.3, -0.25) is 4.79 Å². The van der Waals surface area contributed by atoms with Gasteiger partial charge in [-0.05, 0) is 48.0 Å². The number of thioether (sulfide) groups is 1. The molecule has 0 saturated heterocycles. The number of pyridine rings is 1. The van der Waals surface area contributed by atoms with E-state index in [0.29, 0.717) is 5.75 Å². The molecule has 2 aromatic rings. The number of thiophene rings is 1. The van der Waals surface area contributed by atoms with Gasteiger partial charge in [-0.25, -0.2) is 4.98 Å². The summed E-state index contributed by atoms with van der Waals surface area (Å²) in [5, 5.41) is 0.871. The van der Waals surface area contributed by atoms with E-state index in [-0.39, 0.29) is 5.78 Å². The molecule has 0 atom stereocenters. The molecule has 0 saturated carbocycles. The van der Waals surface area contributed by atoms with Crippen LogP contribution in [0.15, 0.2) is 33.9 Å². The quantitative estimate of drug-likeness (QED) is 0.605. The standard InChI is InChI=1S/C13H12BrNOS2/c1-8-5-11(9(2)18-8)12(16)7-17-13-4-3-10(14)6-15-13/h3-6H,7H2,1-2H3. The average Bonchev–Trinajstić information content (AvgIpc) is 2.67. The summed E-state index contributed by atoms with van der Waals surface area (Å²) in [6.07, 6.45) is 1.74. The van der Waals surface area contributed by atoms with E-state index < -0.39 is 0 Å². The number of nitrogens with zero attached hydrogens (tertiary/aromatic N) is 1. The minimum absolute atomic E-state index is 0.173. The van der Waals surface area contributed by atoms with Crippen LogP contribution in [0.2, 0.25) is 0 Å². The van der Waals surface area contributed by atoms with Crippen molar-refractivity contribution in [2.45, 2.75) is 18.9 Å². The Bertz CT molecular complexity index is 563. The largest absolute Gasteiger partial charge is 0.293 e. The fourth-order valence-corrected chi connectivity index (χ4v) is 3.48. The van der Waals surface area contributed by atoms with Gasteiger partial charge in [-0.2, -0.15) is 0 Å². The first-order valence-electron chi connectivity index (χ1n) is 5.41. The molecule has 0 fully saturated rings. The van der Waals surface area contributed by atoms with Gasteiger partial charge in [0.15, 0.2) is 5.78 Å². The predicted molar refractivity (Wildman–Crippen MR) is 80.8 cm³/mol. The highest BCUT2D eigenvalue weighted by atomic mass is 79.9. The van der Waals surface area contributed by atoms with Crippen molar-refractivity contribution in [3.63, 3.8) is 0 Å². The summed E-state index contributed by atoms with van der Waals surface area (Å²) in [6, 6.07) is 5.81. The highest BCUT2D eigenvalue weighted by Gasteiger charge is 2.12. The van der Waals surface area contributed by atoms with Crippen molar-refractivity contribution in [1.82, 2.24) is 4.98 Å². The molecule has 0 radical (unpaired) electrons. The second kappa shape index (κ2) is 5.99. The molecule has 2 heterocycles. The molecule has 0 aromatic carbocycles. The second-order valence-electron chi connectivity index (χ2n) is 3.85. The second-order valence-corrected chi connectivity index (χ2v) is 7.23. The maximum Gasteiger partial charge on any atom is 0.174 e. The molecule has 0 bridgehead atoms. The Hall–Kier alpha value is -0.650. The molecule has 0 N–H and O–H groups in total. The van der Waals surface area contributed by atoms with Crippen molar-refractivity contribution in [2.75, 3.05) is 5.75 Å². The molecule has 0 amide bonds. The fourth-order valence-electron chi connectivity index (χ4n) is 1.57. The minimum atomic E-state index is 0.173. The third-order valence-electron chi connectivity index (χ3n) is 2.39. The van der Waals surface area contributed by atoms with Crippen LogP contribution < -0.4 is 0 Å². The predicted octanol–water partition coefficient (Wildman–Crippen LogP) is 4.50. The third kappa shape index (κ3) is 3.43. The summed E-state index contributed by atoms with van der Waals surface area (Å²) in [5.74, 6) is 0.609. The molecule has 2 aromatic heterocycles. The number of hydrogen-bond donors (Lipinski definition) is 0. The highest BCUT2D eigenvalue weighted by molar-refractivity contribution is 9.10. The smallest absolute Gasteiger partial charge is 0.174 e. The number of rotatable bonds is 4. The van der Waals surface area contributed by atoms with Gasteiger partial charge in [0.1, 0.15) is 0 Å². The van der Waals surface area contributed by atoms with E-state index in [0.717, 1.165) is 19.9 Å². The first kappa shape index (κ1) is 13.8. The van der Waals surface area contributed by atoms with Crippen LogP contribution in [0.5, 0.6) is 0 Å². The van der Waals surface area contributed by atoms with Gasteiger partial charge in [0, 0.05) is 26.0 Å². The molecule has 0 aliphatic rings. The lowest BCUT2D eigenvalue weighted by Crippen LogP contribution is -2.02. The van der Waals surface area contributed by atoms with Crippen LogP contribution in [0.3, 0.4) is 0 Å². The van der Waals surface area contributed by atoms with Crippen molar-refractivity contribution < 1.29 is 4.79 Å². The number of carbonyl (C=O) groups excluding carboxylic acids is 1. The number of aromatic nitrogens is 1. The molecule has 94 valence electrons. The van der Waals surface area contributed by atoms with Crippen LogP contribution in [-0.2, 0) is 0 Å². The Labute approximate surface area is 123 Å². The summed E-state index contributed by atoms with van der Waals surface area (Å²) in [4.78, 5) is 18.6. The van der Waals surface area contributed by atoms with Crippen LogP contribution in [0.4, 0.5) is 0 Å². The lowest BCUT2D eigenvalue weighted by atomic mass is 10.2.